The summed E-state index contributed by atoms with van der Waals surface area (Å²) in [7, 11) is 0. The number of carbonyl (C=O) groups excluding carboxylic acids is 1. The second kappa shape index (κ2) is 8.71. The molecule has 1 atom stereocenters. The molecule has 6 nitrogen and oxygen atoms in total. The van der Waals surface area contributed by atoms with Crippen LogP contribution in [0.2, 0.25) is 0 Å². The molecular formula is C24H32N4O2. The van der Waals surface area contributed by atoms with Gasteiger partial charge >= 0.3 is 6.03 Å². The molecule has 2 aliphatic heterocycles. The number of urea groups is 1. The number of amides is 2. The van der Waals surface area contributed by atoms with E-state index >= 15 is 0 Å². The molecule has 0 radical (unpaired) electrons. The molecule has 0 saturated carbocycles. The number of piperidine rings is 1. The van der Waals surface area contributed by atoms with E-state index in [9.17, 15) is 4.79 Å². The van der Waals surface area contributed by atoms with Gasteiger partial charge in [-0.3, -0.25) is 0 Å². The lowest BCUT2D eigenvalue weighted by atomic mass is 9.89. The van der Waals surface area contributed by atoms with Gasteiger partial charge in [-0.25, -0.2) is 9.78 Å². The average Bonchev–Trinajstić information content (AvgIpc) is 3.35. The number of fused-ring (bicyclic) bond motifs is 3. The Morgan fingerprint density at radius 3 is 2.57 bits per heavy atom. The van der Waals surface area contributed by atoms with Gasteiger partial charge in [0, 0.05) is 27.2 Å². The predicted octanol–water partition coefficient (Wildman–Crippen LogP) is 4.84. The topological polar surface area (TPSA) is 81.7 Å². The molecule has 2 aliphatic rings. The van der Waals surface area contributed by atoms with Crippen molar-refractivity contribution in [1.82, 2.24) is 14.5 Å². The van der Waals surface area contributed by atoms with Crippen molar-refractivity contribution >= 4 is 11.7 Å². The zero-order chi connectivity index (χ0) is 19.6. The van der Waals surface area contributed by atoms with Crippen LogP contribution in [0.15, 0.2) is 67.1 Å². The molecule has 6 heteroatoms. The molecule has 2 amide bonds. The van der Waals surface area contributed by atoms with Crippen molar-refractivity contribution in [2.75, 3.05) is 18.4 Å². The molecule has 3 heterocycles. The Morgan fingerprint density at radius 2 is 1.77 bits per heavy atom. The Bertz CT molecular complexity index is 1000. The average molecular weight is 409 g/mol. The van der Waals surface area contributed by atoms with Gasteiger partial charge in [0.25, 0.3) is 0 Å². The molecule has 0 bridgehead atoms. The van der Waals surface area contributed by atoms with E-state index in [1.54, 1.807) is 0 Å². The lowest BCUT2D eigenvalue weighted by molar-refractivity contribution is 0.178. The number of carbonyl (C=O) groups is 1. The number of nitrogens with one attached hydrogen (secondary N) is 1. The normalized spacial score (nSPS) is 17.7. The molecule has 1 saturated heterocycles. The van der Waals surface area contributed by atoms with Crippen LogP contribution in [0.1, 0.15) is 40.1 Å². The second-order valence-corrected chi connectivity index (χ2v) is 8.09. The number of rotatable bonds is 4. The summed E-state index contributed by atoms with van der Waals surface area (Å²) in [5.74, 6) is 0.676. The zero-order valence-corrected chi connectivity index (χ0v) is 17.0. The Kier molecular flexibility index (Phi) is 5.86. The van der Waals surface area contributed by atoms with E-state index in [4.69, 9.17) is 0 Å². The molecule has 1 aromatic heterocycles. The number of aromatic nitrogens is 2. The molecule has 1 unspecified atom stereocenters. The summed E-state index contributed by atoms with van der Waals surface area (Å²) in [5, 5.41) is 3.00. The first kappa shape index (κ1) is 20.2. The molecule has 2 aromatic carbocycles. The van der Waals surface area contributed by atoms with Crippen LogP contribution in [0.3, 0.4) is 0 Å². The standard InChI is InChI=1S/C24H26N4O.H2O.2H2/c29-24(26-19-6-2-1-3-7-19)27-14-12-18(13-15-27)10-11-22-20-8-4-5-9-21(20)23-16-25-17-28(22)23;;;/h1-9,16-18,22H,10-15H2,(H,26,29);1H2;2*1H. The fourth-order valence-corrected chi connectivity index (χ4v) is 4.77. The van der Waals surface area contributed by atoms with Crippen molar-refractivity contribution in [1.29, 1.82) is 0 Å². The smallest absolute Gasteiger partial charge is 0.321 e. The number of para-hydroxylation sites is 1. The number of anilines is 1. The molecule has 160 valence electrons. The number of imidazole rings is 1. The Labute approximate surface area is 179 Å². The third kappa shape index (κ3) is 3.83. The van der Waals surface area contributed by atoms with E-state index in [1.807, 2.05) is 47.8 Å². The third-order valence-corrected chi connectivity index (χ3v) is 6.37. The van der Waals surface area contributed by atoms with Gasteiger partial charge in [-0.05, 0) is 49.3 Å². The maximum absolute atomic E-state index is 12.5. The van der Waals surface area contributed by atoms with Gasteiger partial charge in [0.2, 0.25) is 0 Å². The maximum atomic E-state index is 12.5. The van der Waals surface area contributed by atoms with Crippen LogP contribution >= 0.6 is 0 Å². The largest absolute Gasteiger partial charge is 0.412 e. The molecule has 0 spiro atoms. The highest BCUT2D eigenvalue weighted by molar-refractivity contribution is 5.89. The molecule has 0 aliphatic carbocycles. The van der Waals surface area contributed by atoms with Crippen molar-refractivity contribution < 1.29 is 13.1 Å². The van der Waals surface area contributed by atoms with E-state index < -0.39 is 0 Å². The lowest BCUT2D eigenvalue weighted by Gasteiger charge is -2.32. The van der Waals surface area contributed by atoms with Crippen LogP contribution < -0.4 is 5.32 Å². The molecule has 5 rings (SSSR count). The quantitative estimate of drug-likeness (QED) is 0.670. The number of benzene rings is 2. The summed E-state index contributed by atoms with van der Waals surface area (Å²) in [5.41, 5.74) is 4.83. The fraction of sp³-hybridized carbons (Fsp3) is 0.333. The highest BCUT2D eigenvalue weighted by Crippen LogP contribution is 2.42. The SMILES string of the molecule is O.O=C(Nc1ccccc1)N1CCC(CCC2c3ccccc3-c3cncn32)CC1.[HH].[HH]. The summed E-state index contributed by atoms with van der Waals surface area (Å²) in [6.07, 6.45) is 8.41. The summed E-state index contributed by atoms with van der Waals surface area (Å²) < 4.78 is 2.33. The predicted molar refractivity (Wildman–Crippen MR) is 123 cm³/mol. The summed E-state index contributed by atoms with van der Waals surface area (Å²) >= 11 is 0. The highest BCUT2D eigenvalue weighted by Gasteiger charge is 2.29. The summed E-state index contributed by atoms with van der Waals surface area (Å²) in [6, 6.07) is 18.8. The van der Waals surface area contributed by atoms with E-state index in [2.05, 4.69) is 39.1 Å². The Balaban J connectivity index is 0.00000121. The summed E-state index contributed by atoms with van der Waals surface area (Å²) in [4.78, 5) is 18.8. The Morgan fingerprint density at radius 1 is 1.03 bits per heavy atom. The number of hydrogen-bond acceptors (Lipinski definition) is 2. The van der Waals surface area contributed by atoms with Crippen LogP contribution in [0.4, 0.5) is 10.5 Å². The van der Waals surface area contributed by atoms with Crippen molar-refractivity contribution in [3.8, 4) is 11.3 Å². The van der Waals surface area contributed by atoms with Crippen LogP contribution in [-0.2, 0) is 0 Å². The van der Waals surface area contributed by atoms with E-state index in [0.717, 1.165) is 38.0 Å². The van der Waals surface area contributed by atoms with Gasteiger partial charge in [-0.15, -0.1) is 0 Å². The van der Waals surface area contributed by atoms with Crippen molar-refractivity contribution in [2.24, 2.45) is 5.92 Å². The van der Waals surface area contributed by atoms with Gasteiger partial charge in [-0.2, -0.15) is 0 Å². The number of hydrogen-bond donors (Lipinski definition) is 1. The molecule has 3 N–H and O–H groups in total. The number of nitrogens with zero attached hydrogens (tertiary/aromatic N) is 3. The molecular weight excluding hydrogens is 376 g/mol. The number of likely N-dealkylation sites (tertiary alicyclic amines) is 1. The second-order valence-electron chi connectivity index (χ2n) is 8.09. The van der Waals surface area contributed by atoms with E-state index in [1.165, 1.54) is 23.2 Å². The van der Waals surface area contributed by atoms with Crippen molar-refractivity contribution in [3.05, 3.63) is 72.7 Å². The highest BCUT2D eigenvalue weighted by atomic mass is 16.2. The first-order valence-corrected chi connectivity index (χ1v) is 10.5. The van der Waals surface area contributed by atoms with Crippen LogP contribution in [0.25, 0.3) is 11.3 Å². The van der Waals surface area contributed by atoms with Gasteiger partial charge in [0.1, 0.15) is 0 Å². The van der Waals surface area contributed by atoms with Crippen LogP contribution in [0, 0.1) is 5.92 Å². The van der Waals surface area contributed by atoms with Crippen LogP contribution in [0.5, 0.6) is 0 Å². The van der Waals surface area contributed by atoms with Gasteiger partial charge in [0.15, 0.2) is 0 Å². The molecule has 1 fully saturated rings. The minimum atomic E-state index is 0. The minimum Gasteiger partial charge on any atom is -0.412 e. The van der Waals surface area contributed by atoms with Crippen molar-refractivity contribution in [3.63, 3.8) is 0 Å². The van der Waals surface area contributed by atoms with Gasteiger partial charge in [-0.1, -0.05) is 42.5 Å². The summed E-state index contributed by atoms with van der Waals surface area (Å²) in [6.45, 7) is 1.67. The third-order valence-electron chi connectivity index (χ3n) is 6.37. The first-order chi connectivity index (χ1) is 14.3. The zero-order valence-electron chi connectivity index (χ0n) is 17.0. The minimum absolute atomic E-state index is 0. The van der Waals surface area contributed by atoms with Crippen molar-refractivity contribution in [2.45, 2.75) is 31.7 Å². The maximum Gasteiger partial charge on any atom is 0.321 e. The van der Waals surface area contributed by atoms with E-state index in [-0.39, 0.29) is 14.4 Å². The lowest BCUT2D eigenvalue weighted by Crippen LogP contribution is -2.41. The molecule has 3 aromatic rings. The fourth-order valence-electron chi connectivity index (χ4n) is 4.77. The Hall–Kier alpha value is -3.12. The monoisotopic (exact) mass is 408 g/mol. The van der Waals surface area contributed by atoms with Gasteiger partial charge < -0.3 is 20.3 Å². The van der Waals surface area contributed by atoms with Crippen LogP contribution in [-0.4, -0.2) is 39.0 Å². The molecule has 30 heavy (non-hydrogen) atoms. The van der Waals surface area contributed by atoms with Gasteiger partial charge in [0.05, 0.1) is 24.3 Å². The van der Waals surface area contributed by atoms with E-state index in [0.29, 0.717) is 12.0 Å². The first-order valence-electron chi connectivity index (χ1n) is 10.5.